The molecule has 0 spiro atoms. The lowest BCUT2D eigenvalue weighted by Crippen LogP contribution is -2.32. The Kier molecular flexibility index (Phi) is 7.46. The van der Waals surface area contributed by atoms with Crippen LogP contribution in [0.5, 0.6) is 0 Å². The zero-order valence-electron chi connectivity index (χ0n) is 19.8. The minimum Gasteiger partial charge on any atom is -0.362 e. The number of sulfonamides is 1. The van der Waals surface area contributed by atoms with Crippen LogP contribution in [0.15, 0.2) is 53.4 Å². The van der Waals surface area contributed by atoms with E-state index in [9.17, 15) is 18.5 Å². The van der Waals surface area contributed by atoms with Crippen LogP contribution in [0.3, 0.4) is 0 Å². The fourth-order valence-corrected chi connectivity index (χ4v) is 5.53. The maximum atomic E-state index is 12.5. The van der Waals surface area contributed by atoms with Gasteiger partial charge in [-0.3, -0.25) is 10.1 Å². The Morgan fingerprint density at radius 1 is 0.971 bits per heavy atom. The first-order valence-electron chi connectivity index (χ1n) is 11.6. The Morgan fingerprint density at radius 2 is 1.60 bits per heavy atom. The van der Waals surface area contributed by atoms with E-state index in [0.717, 1.165) is 48.9 Å². The smallest absolute Gasteiger partial charge is 0.269 e. The summed E-state index contributed by atoms with van der Waals surface area (Å²) in [6, 6.07) is 12.9. The van der Waals surface area contributed by atoms with Gasteiger partial charge in [-0.2, -0.15) is 4.98 Å². The number of hydrogen-bond donors (Lipinski definition) is 2. The molecule has 0 unspecified atom stereocenters. The molecule has 3 aromatic rings. The first-order chi connectivity index (χ1) is 16.7. The SMILES string of the molecule is CN(C)c1nc(NCC2CCC(CNS(=O)(=O)c3ccc([N+](=O)[O-])cc3)CC2)nc2ccccc12. The third-order valence-electron chi connectivity index (χ3n) is 6.44. The van der Waals surface area contributed by atoms with E-state index >= 15 is 0 Å². The molecule has 10 nitrogen and oxygen atoms in total. The highest BCUT2D eigenvalue weighted by Crippen LogP contribution is 2.30. The van der Waals surface area contributed by atoms with Crippen molar-refractivity contribution in [2.75, 3.05) is 37.4 Å². The summed E-state index contributed by atoms with van der Waals surface area (Å²) in [5.74, 6) is 2.22. The summed E-state index contributed by atoms with van der Waals surface area (Å²) in [4.78, 5) is 21.6. The minimum atomic E-state index is -3.70. The molecule has 0 radical (unpaired) electrons. The second-order valence-electron chi connectivity index (χ2n) is 9.15. The van der Waals surface area contributed by atoms with Crippen LogP contribution in [-0.2, 0) is 10.0 Å². The van der Waals surface area contributed by atoms with Gasteiger partial charge in [0.15, 0.2) is 0 Å². The van der Waals surface area contributed by atoms with Crippen LogP contribution in [0.2, 0.25) is 0 Å². The fourth-order valence-electron chi connectivity index (χ4n) is 4.41. The monoisotopic (exact) mass is 498 g/mol. The Bertz CT molecular complexity index is 1290. The minimum absolute atomic E-state index is 0.0356. The first kappa shape index (κ1) is 24.8. The summed E-state index contributed by atoms with van der Waals surface area (Å²) in [6.07, 6.45) is 3.84. The van der Waals surface area contributed by atoms with Gasteiger partial charge < -0.3 is 10.2 Å². The largest absolute Gasteiger partial charge is 0.362 e. The number of nitro groups is 1. The summed E-state index contributed by atoms with van der Waals surface area (Å²) < 4.78 is 27.7. The van der Waals surface area contributed by atoms with Crippen molar-refractivity contribution in [3.05, 3.63) is 58.6 Å². The van der Waals surface area contributed by atoms with Gasteiger partial charge in [0.05, 0.1) is 15.3 Å². The number of nitro benzene ring substituents is 1. The number of benzene rings is 2. The average molecular weight is 499 g/mol. The molecule has 1 aliphatic carbocycles. The van der Waals surface area contributed by atoms with Gasteiger partial charge in [-0.05, 0) is 61.8 Å². The summed E-state index contributed by atoms with van der Waals surface area (Å²) in [5.41, 5.74) is 0.764. The van der Waals surface area contributed by atoms with E-state index < -0.39 is 14.9 Å². The number of rotatable bonds is 9. The first-order valence-corrected chi connectivity index (χ1v) is 13.1. The molecule has 186 valence electrons. The molecule has 4 rings (SSSR count). The van der Waals surface area contributed by atoms with Gasteiger partial charge in [0.25, 0.3) is 5.69 Å². The molecule has 0 amide bonds. The Labute approximate surface area is 205 Å². The summed E-state index contributed by atoms with van der Waals surface area (Å²) in [6.45, 7) is 1.13. The van der Waals surface area contributed by atoms with Gasteiger partial charge in [0.1, 0.15) is 5.82 Å². The van der Waals surface area contributed by atoms with Crippen molar-refractivity contribution < 1.29 is 13.3 Å². The zero-order valence-corrected chi connectivity index (χ0v) is 20.7. The molecule has 1 heterocycles. The maximum Gasteiger partial charge on any atom is 0.269 e. The van der Waals surface area contributed by atoms with Crippen LogP contribution >= 0.6 is 0 Å². The van der Waals surface area contributed by atoms with Crippen molar-refractivity contribution in [3.8, 4) is 0 Å². The molecule has 35 heavy (non-hydrogen) atoms. The zero-order chi connectivity index (χ0) is 25.0. The van der Waals surface area contributed by atoms with Crippen molar-refractivity contribution in [1.82, 2.24) is 14.7 Å². The molecule has 1 saturated carbocycles. The van der Waals surface area contributed by atoms with Crippen LogP contribution in [0.25, 0.3) is 10.9 Å². The van der Waals surface area contributed by atoms with Gasteiger partial charge in [0, 0.05) is 44.7 Å². The Morgan fingerprint density at radius 3 is 2.23 bits per heavy atom. The van der Waals surface area contributed by atoms with Crippen LogP contribution < -0.4 is 14.9 Å². The molecular weight excluding hydrogens is 468 g/mol. The van der Waals surface area contributed by atoms with Crippen LogP contribution in [-0.4, -0.2) is 50.5 Å². The van der Waals surface area contributed by atoms with Crippen molar-refractivity contribution in [2.45, 2.75) is 30.6 Å². The van der Waals surface area contributed by atoms with E-state index in [0.29, 0.717) is 18.4 Å². The number of aromatic nitrogens is 2. The molecule has 1 aromatic heterocycles. The lowest BCUT2D eigenvalue weighted by molar-refractivity contribution is -0.384. The van der Waals surface area contributed by atoms with Gasteiger partial charge in [-0.1, -0.05) is 12.1 Å². The number of non-ortho nitro benzene ring substituents is 1. The third kappa shape index (κ3) is 6.04. The molecule has 0 atom stereocenters. The second kappa shape index (κ2) is 10.5. The molecular formula is C24H30N6O4S. The lowest BCUT2D eigenvalue weighted by Gasteiger charge is -2.28. The van der Waals surface area contributed by atoms with Gasteiger partial charge in [0.2, 0.25) is 16.0 Å². The highest BCUT2D eigenvalue weighted by molar-refractivity contribution is 7.89. The maximum absolute atomic E-state index is 12.5. The number of nitrogens with zero attached hydrogens (tertiary/aromatic N) is 4. The van der Waals surface area contributed by atoms with E-state index in [2.05, 4.69) is 20.0 Å². The number of fused-ring (bicyclic) bond motifs is 1. The number of nitrogens with one attached hydrogen (secondary N) is 2. The summed E-state index contributed by atoms with van der Waals surface area (Å²) >= 11 is 0. The molecule has 0 saturated heterocycles. The van der Waals surface area contributed by atoms with E-state index in [-0.39, 0.29) is 16.5 Å². The number of hydrogen-bond acceptors (Lipinski definition) is 8. The summed E-state index contributed by atoms with van der Waals surface area (Å²) in [7, 11) is 0.239. The fraction of sp³-hybridized carbons (Fsp3) is 0.417. The second-order valence-corrected chi connectivity index (χ2v) is 10.9. The predicted molar refractivity (Wildman–Crippen MR) is 136 cm³/mol. The molecule has 1 aliphatic rings. The summed E-state index contributed by atoms with van der Waals surface area (Å²) in [5, 5.41) is 15.2. The highest BCUT2D eigenvalue weighted by Gasteiger charge is 2.24. The topological polar surface area (TPSA) is 130 Å². The molecule has 0 bridgehead atoms. The molecule has 2 aromatic carbocycles. The molecule has 11 heteroatoms. The number of anilines is 2. The van der Waals surface area contributed by atoms with Crippen molar-refractivity contribution in [1.29, 1.82) is 0 Å². The van der Waals surface area contributed by atoms with Crippen LogP contribution in [0.4, 0.5) is 17.5 Å². The van der Waals surface area contributed by atoms with E-state index in [1.165, 1.54) is 24.3 Å². The number of para-hydroxylation sites is 1. The van der Waals surface area contributed by atoms with Gasteiger partial charge in [-0.15, -0.1) is 0 Å². The van der Waals surface area contributed by atoms with E-state index in [1.807, 2.05) is 43.3 Å². The third-order valence-corrected chi connectivity index (χ3v) is 7.88. The van der Waals surface area contributed by atoms with Crippen molar-refractivity contribution in [3.63, 3.8) is 0 Å². The van der Waals surface area contributed by atoms with E-state index in [1.54, 1.807) is 0 Å². The van der Waals surface area contributed by atoms with Crippen molar-refractivity contribution >= 4 is 38.4 Å². The molecule has 2 N–H and O–H groups in total. The Hall–Kier alpha value is -3.31. The standard InChI is InChI=1S/C24H30N6O4S/c1-29(2)23-21-5-3-4-6-22(21)27-24(28-23)25-15-17-7-9-18(10-8-17)16-26-35(33,34)20-13-11-19(12-14-20)30(31)32/h3-6,11-14,17-18,26H,7-10,15-16H2,1-2H3,(H,25,27,28). The normalized spacial score (nSPS) is 18.3. The van der Waals surface area contributed by atoms with Crippen LogP contribution in [0.1, 0.15) is 25.7 Å². The van der Waals surface area contributed by atoms with E-state index in [4.69, 9.17) is 0 Å². The highest BCUT2D eigenvalue weighted by atomic mass is 32.2. The average Bonchev–Trinajstić information content (AvgIpc) is 2.86. The van der Waals surface area contributed by atoms with Gasteiger partial charge >= 0.3 is 0 Å². The molecule has 0 aliphatic heterocycles. The molecule has 1 fully saturated rings. The van der Waals surface area contributed by atoms with Crippen LogP contribution in [0, 0.1) is 22.0 Å². The quantitative estimate of drug-likeness (QED) is 0.336. The van der Waals surface area contributed by atoms with Gasteiger partial charge in [-0.25, -0.2) is 18.1 Å². The lowest BCUT2D eigenvalue weighted by atomic mass is 9.82. The Balaban J connectivity index is 1.27. The predicted octanol–water partition coefficient (Wildman–Crippen LogP) is 3.80. The van der Waals surface area contributed by atoms with Crippen molar-refractivity contribution in [2.24, 2.45) is 11.8 Å².